The van der Waals surface area contributed by atoms with Gasteiger partial charge in [-0.3, -0.25) is 4.79 Å². The number of nitrogens with two attached hydrogens (primary N) is 1. The van der Waals surface area contributed by atoms with Crippen molar-refractivity contribution in [2.75, 3.05) is 13.7 Å². The molecule has 0 aliphatic rings. The van der Waals surface area contributed by atoms with Gasteiger partial charge in [0.1, 0.15) is 5.75 Å². The van der Waals surface area contributed by atoms with E-state index in [0.717, 1.165) is 5.56 Å². The number of carbonyl (C=O) groups excluding carboxylic acids is 2. The number of hydrogen-bond donors (Lipinski definition) is 3. The van der Waals surface area contributed by atoms with Crippen molar-refractivity contribution in [3.8, 4) is 5.75 Å². The van der Waals surface area contributed by atoms with Crippen molar-refractivity contribution >= 4 is 18.0 Å². The first-order chi connectivity index (χ1) is 10.3. The van der Waals surface area contributed by atoms with Gasteiger partial charge in [-0.1, -0.05) is 19.1 Å². The van der Waals surface area contributed by atoms with E-state index in [9.17, 15) is 14.4 Å². The van der Waals surface area contributed by atoms with Crippen LogP contribution in [0.15, 0.2) is 24.3 Å². The standard InChI is InChI=1S/C14H19N3O5/c1-9(12(18)19)8-17(13(15)20)14(21)16-7-10-3-5-11(22-2)6-4-10/h3-6,9H,7-8H2,1-2H3,(H2,15,20)(H,16,21)(H,18,19)/t9-/m0/s1. The highest BCUT2D eigenvalue weighted by Gasteiger charge is 2.24. The number of rotatable bonds is 6. The summed E-state index contributed by atoms with van der Waals surface area (Å²) >= 11 is 0. The van der Waals surface area contributed by atoms with Crippen LogP contribution in [0.1, 0.15) is 12.5 Å². The van der Waals surface area contributed by atoms with Gasteiger partial charge in [-0.05, 0) is 17.7 Å². The fraction of sp³-hybridized carbons (Fsp3) is 0.357. The van der Waals surface area contributed by atoms with Gasteiger partial charge >= 0.3 is 18.0 Å². The van der Waals surface area contributed by atoms with Gasteiger partial charge in [0.15, 0.2) is 0 Å². The molecule has 0 saturated carbocycles. The lowest BCUT2D eigenvalue weighted by Gasteiger charge is -2.21. The molecule has 0 aliphatic heterocycles. The molecule has 0 aliphatic carbocycles. The summed E-state index contributed by atoms with van der Waals surface area (Å²) < 4.78 is 5.02. The predicted octanol–water partition coefficient (Wildman–Crippen LogP) is 1.01. The Morgan fingerprint density at radius 3 is 2.36 bits per heavy atom. The molecule has 0 aromatic heterocycles. The van der Waals surface area contributed by atoms with E-state index < -0.39 is 23.9 Å². The van der Waals surface area contributed by atoms with E-state index in [-0.39, 0.29) is 13.1 Å². The Hall–Kier alpha value is -2.77. The van der Waals surface area contributed by atoms with Crippen molar-refractivity contribution < 1.29 is 24.2 Å². The summed E-state index contributed by atoms with van der Waals surface area (Å²) in [5.74, 6) is -1.34. The highest BCUT2D eigenvalue weighted by atomic mass is 16.5. The SMILES string of the molecule is COc1ccc(CNC(=O)N(C[C@H](C)C(=O)O)C(N)=O)cc1. The Balaban J connectivity index is 2.62. The summed E-state index contributed by atoms with van der Waals surface area (Å²) in [5.41, 5.74) is 5.91. The van der Waals surface area contributed by atoms with Crippen molar-refractivity contribution in [3.63, 3.8) is 0 Å². The number of carboxylic acids is 1. The minimum atomic E-state index is -1.12. The molecule has 0 heterocycles. The maximum Gasteiger partial charge on any atom is 0.325 e. The third-order valence-electron chi connectivity index (χ3n) is 2.99. The van der Waals surface area contributed by atoms with Crippen molar-refractivity contribution in [2.45, 2.75) is 13.5 Å². The monoisotopic (exact) mass is 309 g/mol. The second-order valence-electron chi connectivity index (χ2n) is 4.69. The van der Waals surface area contributed by atoms with Gasteiger partial charge in [0, 0.05) is 13.1 Å². The lowest BCUT2D eigenvalue weighted by Crippen LogP contribution is -2.48. The molecule has 0 unspecified atom stereocenters. The van der Waals surface area contributed by atoms with Gasteiger partial charge in [0.2, 0.25) is 0 Å². The maximum atomic E-state index is 11.9. The fourth-order valence-corrected chi connectivity index (χ4v) is 1.64. The molecule has 0 bridgehead atoms. The van der Waals surface area contributed by atoms with Crippen LogP contribution in [0.25, 0.3) is 0 Å². The van der Waals surface area contributed by atoms with Crippen LogP contribution in [-0.2, 0) is 11.3 Å². The number of carboxylic acid groups (broad SMARTS) is 1. The lowest BCUT2D eigenvalue weighted by atomic mass is 10.2. The Morgan fingerprint density at radius 2 is 1.91 bits per heavy atom. The van der Waals surface area contributed by atoms with E-state index >= 15 is 0 Å². The average molecular weight is 309 g/mol. The number of nitrogens with one attached hydrogen (secondary N) is 1. The van der Waals surface area contributed by atoms with Gasteiger partial charge in [-0.15, -0.1) is 0 Å². The maximum absolute atomic E-state index is 11.9. The Labute approximate surface area is 127 Å². The number of nitrogens with zero attached hydrogens (tertiary/aromatic N) is 1. The summed E-state index contributed by atoms with van der Waals surface area (Å²) in [6.07, 6.45) is 0. The fourth-order valence-electron chi connectivity index (χ4n) is 1.64. The highest BCUT2D eigenvalue weighted by molar-refractivity contribution is 5.93. The summed E-state index contributed by atoms with van der Waals surface area (Å²) in [6.45, 7) is 1.27. The van der Waals surface area contributed by atoms with Gasteiger partial charge in [-0.25, -0.2) is 14.5 Å². The molecule has 4 N–H and O–H groups in total. The average Bonchev–Trinajstić information content (AvgIpc) is 2.49. The summed E-state index contributed by atoms with van der Waals surface area (Å²) in [7, 11) is 1.55. The molecule has 0 spiro atoms. The molecular formula is C14H19N3O5. The minimum absolute atomic E-state index is 0.175. The molecule has 0 fully saturated rings. The number of urea groups is 2. The molecule has 22 heavy (non-hydrogen) atoms. The van der Waals surface area contributed by atoms with E-state index in [1.165, 1.54) is 6.92 Å². The van der Waals surface area contributed by atoms with Crippen LogP contribution in [0.4, 0.5) is 9.59 Å². The molecular weight excluding hydrogens is 290 g/mol. The quantitative estimate of drug-likeness (QED) is 0.723. The Kier molecular flexibility index (Phi) is 6.18. The predicted molar refractivity (Wildman–Crippen MR) is 78.3 cm³/mol. The second-order valence-corrected chi connectivity index (χ2v) is 4.69. The van der Waals surface area contributed by atoms with Crippen LogP contribution in [0.2, 0.25) is 0 Å². The van der Waals surface area contributed by atoms with Crippen molar-refractivity contribution in [3.05, 3.63) is 29.8 Å². The minimum Gasteiger partial charge on any atom is -0.497 e. The number of methoxy groups -OCH3 is 1. The van der Waals surface area contributed by atoms with Crippen LogP contribution in [0, 0.1) is 5.92 Å². The van der Waals surface area contributed by atoms with Crippen molar-refractivity contribution in [1.29, 1.82) is 0 Å². The molecule has 8 nitrogen and oxygen atoms in total. The van der Waals surface area contributed by atoms with E-state index in [1.807, 2.05) is 0 Å². The van der Waals surface area contributed by atoms with Crippen LogP contribution in [-0.4, -0.2) is 41.7 Å². The third kappa shape index (κ3) is 4.97. The molecule has 0 saturated heterocycles. The zero-order valence-electron chi connectivity index (χ0n) is 12.4. The number of ether oxygens (including phenoxy) is 1. The number of amides is 4. The van der Waals surface area contributed by atoms with E-state index in [0.29, 0.717) is 10.6 Å². The van der Waals surface area contributed by atoms with Crippen LogP contribution < -0.4 is 15.8 Å². The second kappa shape index (κ2) is 7.87. The van der Waals surface area contributed by atoms with Crippen LogP contribution in [0.3, 0.4) is 0 Å². The number of carbonyl (C=O) groups is 3. The molecule has 1 aromatic rings. The van der Waals surface area contributed by atoms with Crippen molar-refractivity contribution in [1.82, 2.24) is 10.2 Å². The van der Waals surface area contributed by atoms with Gasteiger partial charge in [0.05, 0.1) is 13.0 Å². The first-order valence-electron chi connectivity index (χ1n) is 6.55. The van der Waals surface area contributed by atoms with Gasteiger partial charge < -0.3 is 20.9 Å². The zero-order chi connectivity index (χ0) is 16.7. The molecule has 8 heteroatoms. The van der Waals surface area contributed by atoms with E-state index in [2.05, 4.69) is 5.32 Å². The lowest BCUT2D eigenvalue weighted by molar-refractivity contribution is -0.141. The molecule has 1 rings (SSSR count). The van der Waals surface area contributed by atoms with Gasteiger partial charge in [0.25, 0.3) is 0 Å². The highest BCUT2D eigenvalue weighted by Crippen LogP contribution is 2.11. The summed E-state index contributed by atoms with van der Waals surface area (Å²) in [4.78, 5) is 34.7. The number of benzene rings is 1. The summed E-state index contributed by atoms with van der Waals surface area (Å²) in [6, 6.07) is 5.25. The first-order valence-corrected chi connectivity index (χ1v) is 6.55. The number of imide groups is 1. The van der Waals surface area contributed by atoms with Crippen LogP contribution in [0.5, 0.6) is 5.75 Å². The normalized spacial score (nSPS) is 11.4. The molecule has 4 amide bonds. The topological polar surface area (TPSA) is 122 Å². The zero-order valence-corrected chi connectivity index (χ0v) is 12.4. The Bertz CT molecular complexity index is 544. The number of primary amides is 1. The van der Waals surface area contributed by atoms with Crippen molar-refractivity contribution in [2.24, 2.45) is 11.7 Å². The summed E-state index contributed by atoms with van der Waals surface area (Å²) in [5, 5.41) is 11.3. The van der Waals surface area contributed by atoms with Crippen LogP contribution >= 0.6 is 0 Å². The third-order valence-corrected chi connectivity index (χ3v) is 2.99. The molecule has 1 atom stereocenters. The molecule has 120 valence electrons. The molecule has 0 radical (unpaired) electrons. The first kappa shape index (κ1) is 17.3. The van der Waals surface area contributed by atoms with E-state index in [4.69, 9.17) is 15.6 Å². The Morgan fingerprint density at radius 1 is 1.32 bits per heavy atom. The number of aliphatic carboxylic acids is 1. The van der Waals surface area contributed by atoms with Gasteiger partial charge in [-0.2, -0.15) is 0 Å². The largest absolute Gasteiger partial charge is 0.497 e. The smallest absolute Gasteiger partial charge is 0.325 e. The molecule has 1 aromatic carbocycles. The number of hydrogen-bond acceptors (Lipinski definition) is 4. The van der Waals surface area contributed by atoms with E-state index in [1.54, 1.807) is 31.4 Å².